The maximum atomic E-state index is 13.7. The molecular formula is C27H33N3O4S2. The number of sulfonamides is 1. The van der Waals surface area contributed by atoms with Crippen LogP contribution in [0.4, 0.5) is 5.13 Å². The number of carbonyl (C=O) groups is 1. The van der Waals surface area contributed by atoms with Gasteiger partial charge in [0.1, 0.15) is 0 Å². The molecule has 2 fully saturated rings. The third kappa shape index (κ3) is 5.20. The van der Waals surface area contributed by atoms with E-state index in [1.807, 2.05) is 0 Å². The molecule has 5 rings (SSSR count). The van der Waals surface area contributed by atoms with Crippen molar-refractivity contribution < 1.29 is 17.9 Å². The molecule has 1 aromatic heterocycles. The number of hydrogen-bond donors (Lipinski definition) is 0. The summed E-state index contributed by atoms with van der Waals surface area (Å²) in [6.07, 6.45) is 5.74. The van der Waals surface area contributed by atoms with Gasteiger partial charge >= 0.3 is 0 Å². The van der Waals surface area contributed by atoms with Crippen molar-refractivity contribution in [1.82, 2.24) is 9.29 Å². The monoisotopic (exact) mass is 527 g/mol. The lowest BCUT2D eigenvalue weighted by atomic mass is 10.1. The van der Waals surface area contributed by atoms with Gasteiger partial charge in [-0.05, 0) is 87.1 Å². The molecule has 192 valence electrons. The number of nitrogens with zero attached hydrogens (tertiary/aromatic N) is 3. The molecule has 3 aromatic rings. The van der Waals surface area contributed by atoms with Gasteiger partial charge in [-0.1, -0.05) is 24.2 Å². The van der Waals surface area contributed by atoms with Crippen LogP contribution in [0.2, 0.25) is 0 Å². The Morgan fingerprint density at radius 3 is 2.42 bits per heavy atom. The highest BCUT2D eigenvalue weighted by molar-refractivity contribution is 7.89. The Kier molecular flexibility index (Phi) is 7.44. The van der Waals surface area contributed by atoms with E-state index in [1.165, 1.54) is 16.9 Å². The Hall–Kier alpha value is -2.33. The Balaban J connectivity index is 1.43. The summed E-state index contributed by atoms with van der Waals surface area (Å²) in [6.45, 7) is 6.36. The van der Waals surface area contributed by atoms with E-state index in [1.54, 1.807) is 33.5 Å². The summed E-state index contributed by atoms with van der Waals surface area (Å²) in [6, 6.07) is 10.5. The molecule has 1 unspecified atom stereocenters. The second kappa shape index (κ2) is 10.6. The molecular weight excluding hydrogens is 494 g/mol. The molecule has 0 saturated carbocycles. The van der Waals surface area contributed by atoms with Crippen LogP contribution < -0.4 is 4.90 Å². The second-order valence-corrected chi connectivity index (χ2v) is 12.7. The number of ether oxygens (including phenoxy) is 1. The van der Waals surface area contributed by atoms with Gasteiger partial charge in [0.25, 0.3) is 5.91 Å². The van der Waals surface area contributed by atoms with Gasteiger partial charge in [0.2, 0.25) is 10.0 Å². The highest BCUT2D eigenvalue weighted by atomic mass is 32.2. The summed E-state index contributed by atoms with van der Waals surface area (Å²) in [4.78, 5) is 20.5. The first-order chi connectivity index (χ1) is 17.3. The Morgan fingerprint density at radius 1 is 1.06 bits per heavy atom. The summed E-state index contributed by atoms with van der Waals surface area (Å²) in [5.41, 5.74) is 3.67. The standard InChI is InChI=1S/C27H33N3O4S2/c1-19-16-24-25(17-20(19)2)35-27(28-24)30(18-22-8-7-15-34-22)26(31)21-9-11-23(12-10-21)36(32,33)29-13-5-3-4-6-14-29/h9-12,16-17,22H,3-8,13-15,18H2,1-2H3. The highest BCUT2D eigenvalue weighted by Gasteiger charge is 2.29. The van der Waals surface area contributed by atoms with E-state index in [9.17, 15) is 13.2 Å². The average Bonchev–Trinajstić information content (AvgIpc) is 3.43. The molecule has 0 spiro atoms. The molecule has 1 atom stereocenters. The van der Waals surface area contributed by atoms with Gasteiger partial charge in [0, 0.05) is 25.3 Å². The van der Waals surface area contributed by atoms with E-state index in [0.29, 0.717) is 36.9 Å². The summed E-state index contributed by atoms with van der Waals surface area (Å²) in [5, 5.41) is 0.636. The summed E-state index contributed by atoms with van der Waals surface area (Å²) in [7, 11) is -3.57. The van der Waals surface area contributed by atoms with Crippen molar-refractivity contribution >= 4 is 42.6 Å². The molecule has 0 aliphatic carbocycles. The van der Waals surface area contributed by atoms with Crippen LogP contribution in [0.25, 0.3) is 10.2 Å². The van der Waals surface area contributed by atoms with Gasteiger partial charge in [-0.3, -0.25) is 9.69 Å². The Labute approximate surface area is 217 Å². The first-order valence-electron chi connectivity index (χ1n) is 12.7. The SMILES string of the molecule is Cc1cc2nc(N(CC3CCCO3)C(=O)c3ccc(S(=O)(=O)N4CCCCCC4)cc3)sc2cc1C. The molecule has 2 aromatic carbocycles. The van der Waals surface area contributed by atoms with Crippen LogP contribution in [-0.2, 0) is 14.8 Å². The van der Waals surface area contributed by atoms with Gasteiger partial charge in [0.05, 0.1) is 27.8 Å². The molecule has 0 bridgehead atoms. The van der Waals surface area contributed by atoms with Crippen LogP contribution in [0, 0.1) is 13.8 Å². The van der Waals surface area contributed by atoms with Gasteiger partial charge in [-0.2, -0.15) is 4.31 Å². The van der Waals surface area contributed by atoms with Crippen LogP contribution in [0.1, 0.15) is 60.0 Å². The fraction of sp³-hybridized carbons (Fsp3) is 0.481. The van der Waals surface area contributed by atoms with Gasteiger partial charge in [-0.15, -0.1) is 0 Å². The molecule has 0 radical (unpaired) electrons. The fourth-order valence-electron chi connectivity index (χ4n) is 4.88. The summed E-state index contributed by atoms with van der Waals surface area (Å²) < 4.78 is 34.8. The molecule has 36 heavy (non-hydrogen) atoms. The van der Waals surface area contributed by atoms with Crippen molar-refractivity contribution in [3.8, 4) is 0 Å². The number of amides is 1. The largest absolute Gasteiger partial charge is 0.376 e. The number of aromatic nitrogens is 1. The van der Waals surface area contributed by atoms with Crippen molar-refractivity contribution in [3.05, 3.63) is 53.1 Å². The predicted molar refractivity (Wildman–Crippen MR) is 143 cm³/mol. The second-order valence-electron chi connectivity index (χ2n) is 9.79. The summed E-state index contributed by atoms with van der Waals surface area (Å²) in [5.74, 6) is -0.197. The zero-order chi connectivity index (χ0) is 25.3. The molecule has 2 saturated heterocycles. The zero-order valence-electron chi connectivity index (χ0n) is 20.9. The quantitative estimate of drug-likeness (QED) is 0.434. The number of hydrogen-bond acceptors (Lipinski definition) is 6. The van der Waals surface area contributed by atoms with E-state index in [4.69, 9.17) is 9.72 Å². The zero-order valence-corrected chi connectivity index (χ0v) is 22.5. The summed E-state index contributed by atoms with van der Waals surface area (Å²) >= 11 is 1.50. The smallest absolute Gasteiger partial charge is 0.260 e. The highest BCUT2D eigenvalue weighted by Crippen LogP contribution is 2.33. The molecule has 0 N–H and O–H groups in total. The lowest BCUT2D eigenvalue weighted by Crippen LogP contribution is -2.37. The molecule has 2 aliphatic rings. The third-order valence-corrected chi connectivity index (χ3v) is 10.1. The Bertz CT molecular complexity index is 1300. The normalized spacial score (nSPS) is 19.4. The van der Waals surface area contributed by atoms with E-state index < -0.39 is 10.0 Å². The maximum Gasteiger partial charge on any atom is 0.260 e. The van der Waals surface area contributed by atoms with Crippen LogP contribution in [0.3, 0.4) is 0 Å². The number of fused-ring (bicyclic) bond motifs is 1. The van der Waals surface area contributed by atoms with Crippen molar-refractivity contribution in [1.29, 1.82) is 0 Å². The lowest BCUT2D eigenvalue weighted by Gasteiger charge is -2.23. The fourth-order valence-corrected chi connectivity index (χ4v) is 7.45. The lowest BCUT2D eigenvalue weighted by molar-refractivity contribution is 0.0917. The van der Waals surface area contributed by atoms with Crippen molar-refractivity contribution in [2.45, 2.75) is 63.4 Å². The van der Waals surface area contributed by atoms with Gasteiger partial charge in [0.15, 0.2) is 5.13 Å². The minimum atomic E-state index is -3.57. The first-order valence-corrected chi connectivity index (χ1v) is 15.0. The van der Waals surface area contributed by atoms with E-state index in [-0.39, 0.29) is 16.9 Å². The maximum absolute atomic E-state index is 13.7. The molecule has 9 heteroatoms. The van der Waals surface area contributed by atoms with Crippen molar-refractivity contribution in [2.75, 3.05) is 31.1 Å². The van der Waals surface area contributed by atoms with Crippen LogP contribution in [0.5, 0.6) is 0 Å². The number of benzene rings is 2. The molecule has 7 nitrogen and oxygen atoms in total. The number of anilines is 1. The Morgan fingerprint density at radius 2 is 1.75 bits per heavy atom. The van der Waals surface area contributed by atoms with E-state index in [0.717, 1.165) is 54.3 Å². The number of thiazole rings is 1. The van der Waals surface area contributed by atoms with Crippen LogP contribution in [-0.4, -0.2) is 56.0 Å². The molecule has 3 heterocycles. The average molecular weight is 528 g/mol. The third-order valence-electron chi connectivity index (χ3n) is 7.18. The van der Waals surface area contributed by atoms with E-state index >= 15 is 0 Å². The molecule has 2 aliphatic heterocycles. The number of carbonyl (C=O) groups excluding carboxylic acids is 1. The van der Waals surface area contributed by atoms with Gasteiger partial charge < -0.3 is 4.74 Å². The number of rotatable bonds is 6. The first kappa shape index (κ1) is 25.3. The van der Waals surface area contributed by atoms with Crippen molar-refractivity contribution in [2.24, 2.45) is 0 Å². The number of aryl methyl sites for hydroxylation is 2. The topological polar surface area (TPSA) is 79.8 Å². The molecule has 1 amide bonds. The van der Waals surface area contributed by atoms with Crippen molar-refractivity contribution in [3.63, 3.8) is 0 Å². The van der Waals surface area contributed by atoms with Crippen LogP contribution in [0.15, 0.2) is 41.3 Å². The van der Waals surface area contributed by atoms with Crippen LogP contribution >= 0.6 is 11.3 Å². The minimum Gasteiger partial charge on any atom is -0.376 e. The predicted octanol–water partition coefficient (Wildman–Crippen LogP) is 5.30. The minimum absolute atomic E-state index is 0.0351. The van der Waals surface area contributed by atoms with Gasteiger partial charge in [-0.25, -0.2) is 13.4 Å². The van der Waals surface area contributed by atoms with E-state index in [2.05, 4.69) is 26.0 Å².